The van der Waals surface area contributed by atoms with E-state index in [9.17, 15) is 9.59 Å². The molecule has 0 spiro atoms. The van der Waals surface area contributed by atoms with Crippen LogP contribution in [0.1, 0.15) is 44.7 Å². The fraction of sp³-hybridized carbons (Fsp3) is 0.435. The van der Waals surface area contributed by atoms with Crippen molar-refractivity contribution < 1.29 is 9.53 Å². The van der Waals surface area contributed by atoms with Gasteiger partial charge in [-0.3, -0.25) is 4.79 Å². The van der Waals surface area contributed by atoms with Crippen LogP contribution in [-0.2, 0) is 11.3 Å². The molecule has 1 aromatic heterocycles. The maximum Gasteiger partial charge on any atom is 0.410 e. The van der Waals surface area contributed by atoms with Gasteiger partial charge in [0.15, 0.2) is 0 Å². The number of carbonyl (C=O) groups is 1. The molecule has 1 aromatic carbocycles. The van der Waals surface area contributed by atoms with Gasteiger partial charge in [-0.05, 0) is 57.7 Å². The van der Waals surface area contributed by atoms with Crippen molar-refractivity contribution in [1.29, 1.82) is 0 Å². The van der Waals surface area contributed by atoms with E-state index in [4.69, 9.17) is 4.74 Å². The molecule has 0 unspecified atom stereocenters. The summed E-state index contributed by atoms with van der Waals surface area (Å²) in [6.45, 7) is 7.38. The first-order valence-corrected chi connectivity index (χ1v) is 9.93. The second-order valence-corrected chi connectivity index (χ2v) is 8.26. The molecule has 0 atom stereocenters. The molecule has 0 N–H and O–H groups in total. The predicted molar refractivity (Wildman–Crippen MR) is 111 cm³/mol. The normalized spacial score (nSPS) is 14.8. The summed E-state index contributed by atoms with van der Waals surface area (Å²) in [4.78, 5) is 26.6. The van der Waals surface area contributed by atoms with Crippen molar-refractivity contribution in [2.24, 2.45) is 5.92 Å². The number of hydrogen-bond acceptors (Lipinski definition) is 4. The van der Waals surface area contributed by atoms with Crippen LogP contribution in [0.15, 0.2) is 47.4 Å². The Kier molecular flexibility index (Phi) is 6.38. The zero-order valence-electron chi connectivity index (χ0n) is 17.2. The Hall–Kier alpha value is -3.07. The number of nitrogens with zero attached hydrogens (tertiary/aromatic N) is 3. The molecule has 6 heteroatoms. The Balaban J connectivity index is 1.61. The number of likely N-dealkylation sites (tertiary alicyclic amines) is 1. The Bertz CT molecular complexity index is 957. The molecule has 3 rings (SSSR count). The van der Waals surface area contributed by atoms with Crippen molar-refractivity contribution in [2.75, 3.05) is 13.1 Å². The average molecular weight is 393 g/mol. The summed E-state index contributed by atoms with van der Waals surface area (Å²) < 4.78 is 6.92. The summed E-state index contributed by atoms with van der Waals surface area (Å²) in [6.07, 6.45) is 2.97. The van der Waals surface area contributed by atoms with Crippen molar-refractivity contribution >= 4 is 6.09 Å². The van der Waals surface area contributed by atoms with Crippen molar-refractivity contribution in [3.05, 3.63) is 64.1 Å². The van der Waals surface area contributed by atoms with Gasteiger partial charge < -0.3 is 9.64 Å². The predicted octanol–water partition coefficient (Wildman–Crippen LogP) is 3.29. The van der Waals surface area contributed by atoms with Gasteiger partial charge in [0, 0.05) is 31.4 Å². The molecule has 2 heterocycles. The molecule has 1 aliphatic heterocycles. The van der Waals surface area contributed by atoms with Crippen LogP contribution in [0, 0.1) is 17.8 Å². The molecule has 152 valence electrons. The highest BCUT2D eigenvalue weighted by molar-refractivity contribution is 5.68. The Morgan fingerprint density at radius 1 is 1.14 bits per heavy atom. The van der Waals surface area contributed by atoms with Crippen LogP contribution in [0.4, 0.5) is 4.79 Å². The highest BCUT2D eigenvalue weighted by Crippen LogP contribution is 2.20. The lowest BCUT2D eigenvalue weighted by molar-refractivity contribution is 0.0176. The molecule has 2 aromatic rings. The van der Waals surface area contributed by atoms with Crippen LogP contribution in [-0.4, -0.2) is 39.5 Å². The summed E-state index contributed by atoms with van der Waals surface area (Å²) in [5, 5.41) is 4.22. The fourth-order valence-electron chi connectivity index (χ4n) is 3.21. The van der Waals surface area contributed by atoms with Crippen molar-refractivity contribution in [3.8, 4) is 11.8 Å². The van der Waals surface area contributed by atoms with E-state index in [0.717, 1.165) is 18.4 Å². The van der Waals surface area contributed by atoms with Crippen LogP contribution in [0.3, 0.4) is 0 Å². The first-order valence-electron chi connectivity index (χ1n) is 9.93. The Labute approximate surface area is 171 Å². The minimum absolute atomic E-state index is 0.175. The maximum absolute atomic E-state index is 12.7. The van der Waals surface area contributed by atoms with Crippen LogP contribution in [0.25, 0.3) is 0 Å². The topological polar surface area (TPSA) is 64.4 Å². The van der Waals surface area contributed by atoms with E-state index < -0.39 is 5.60 Å². The second-order valence-electron chi connectivity index (χ2n) is 8.26. The number of ether oxygens (including phenoxy) is 1. The number of hydrogen-bond donors (Lipinski definition) is 0. The van der Waals surface area contributed by atoms with Crippen LogP contribution in [0.2, 0.25) is 0 Å². The van der Waals surface area contributed by atoms with Gasteiger partial charge in [-0.1, -0.05) is 30.0 Å². The van der Waals surface area contributed by atoms with Crippen molar-refractivity contribution in [1.82, 2.24) is 14.7 Å². The number of amides is 1. The van der Waals surface area contributed by atoms with Gasteiger partial charge in [-0.2, -0.15) is 5.10 Å². The Morgan fingerprint density at radius 3 is 2.48 bits per heavy atom. The van der Waals surface area contributed by atoms with Gasteiger partial charge in [-0.25, -0.2) is 9.48 Å². The summed E-state index contributed by atoms with van der Waals surface area (Å²) >= 11 is 0. The SMILES string of the molecule is CC(C)(C)OC(=O)N1CCC(Cn2nccc(C#Cc3ccccc3)c2=O)CC1. The molecule has 1 saturated heterocycles. The fourth-order valence-corrected chi connectivity index (χ4v) is 3.21. The van der Waals surface area contributed by atoms with E-state index in [1.807, 2.05) is 51.1 Å². The number of aromatic nitrogens is 2. The third-order valence-electron chi connectivity index (χ3n) is 4.72. The zero-order valence-corrected chi connectivity index (χ0v) is 17.2. The van der Waals surface area contributed by atoms with E-state index in [-0.39, 0.29) is 17.6 Å². The van der Waals surface area contributed by atoms with Gasteiger partial charge >= 0.3 is 6.09 Å². The first-order chi connectivity index (χ1) is 13.8. The highest BCUT2D eigenvalue weighted by Gasteiger charge is 2.27. The van der Waals surface area contributed by atoms with Gasteiger partial charge in [0.05, 0.1) is 5.56 Å². The molecule has 6 nitrogen and oxygen atoms in total. The lowest BCUT2D eigenvalue weighted by Crippen LogP contribution is -2.43. The smallest absolute Gasteiger partial charge is 0.410 e. The molecular formula is C23H27N3O3. The van der Waals surface area contributed by atoms with E-state index in [1.54, 1.807) is 17.2 Å². The van der Waals surface area contributed by atoms with Gasteiger partial charge in [0.1, 0.15) is 5.60 Å². The largest absolute Gasteiger partial charge is 0.444 e. The molecule has 1 aliphatic rings. The molecule has 1 amide bonds. The third kappa shape index (κ3) is 5.95. The quantitative estimate of drug-likeness (QED) is 0.735. The zero-order chi connectivity index (χ0) is 20.9. The van der Waals surface area contributed by atoms with Gasteiger partial charge in [0.25, 0.3) is 5.56 Å². The van der Waals surface area contributed by atoms with Crippen molar-refractivity contribution in [3.63, 3.8) is 0 Å². The van der Waals surface area contributed by atoms with Gasteiger partial charge in [0.2, 0.25) is 0 Å². The third-order valence-corrected chi connectivity index (χ3v) is 4.72. The molecule has 0 bridgehead atoms. The summed E-state index contributed by atoms with van der Waals surface area (Å²) in [7, 11) is 0. The summed E-state index contributed by atoms with van der Waals surface area (Å²) in [6, 6.07) is 11.2. The van der Waals surface area contributed by atoms with Crippen molar-refractivity contribution in [2.45, 2.75) is 45.8 Å². The number of benzene rings is 1. The molecule has 0 aliphatic carbocycles. The molecule has 0 saturated carbocycles. The maximum atomic E-state index is 12.7. The van der Waals surface area contributed by atoms with E-state index in [1.165, 1.54) is 4.68 Å². The number of carbonyl (C=O) groups excluding carboxylic acids is 1. The van der Waals surface area contributed by atoms with Crippen LogP contribution < -0.4 is 5.56 Å². The van der Waals surface area contributed by atoms with E-state index in [0.29, 0.717) is 25.2 Å². The standard InChI is InChI=1S/C23H27N3O3/c1-23(2,3)29-22(28)25-15-12-19(13-16-25)17-26-21(27)20(11-14-24-26)10-9-18-7-5-4-6-8-18/h4-8,11,14,19H,12-13,15-17H2,1-3H3. The van der Waals surface area contributed by atoms with Crippen LogP contribution >= 0.6 is 0 Å². The average Bonchev–Trinajstić information content (AvgIpc) is 2.69. The van der Waals surface area contributed by atoms with E-state index in [2.05, 4.69) is 16.9 Å². The lowest BCUT2D eigenvalue weighted by atomic mass is 9.97. The van der Waals surface area contributed by atoms with Gasteiger partial charge in [-0.15, -0.1) is 0 Å². The van der Waals surface area contributed by atoms with Crippen LogP contribution in [0.5, 0.6) is 0 Å². The lowest BCUT2D eigenvalue weighted by Gasteiger charge is -2.33. The molecule has 0 radical (unpaired) electrons. The van der Waals surface area contributed by atoms with E-state index >= 15 is 0 Å². The Morgan fingerprint density at radius 2 is 1.83 bits per heavy atom. The summed E-state index contributed by atoms with van der Waals surface area (Å²) in [5.41, 5.74) is 0.636. The highest BCUT2D eigenvalue weighted by atomic mass is 16.6. The second kappa shape index (κ2) is 8.95. The molecule has 1 fully saturated rings. The number of rotatable bonds is 2. The number of piperidine rings is 1. The summed E-state index contributed by atoms with van der Waals surface area (Å²) in [5.74, 6) is 6.27. The molecular weight excluding hydrogens is 366 g/mol. The minimum Gasteiger partial charge on any atom is -0.444 e. The monoisotopic (exact) mass is 393 g/mol. The first kappa shape index (κ1) is 20.7. The minimum atomic E-state index is -0.494. The molecule has 29 heavy (non-hydrogen) atoms.